The van der Waals surface area contributed by atoms with Crippen molar-refractivity contribution in [2.24, 2.45) is 0 Å². The summed E-state index contributed by atoms with van der Waals surface area (Å²) < 4.78 is 2.06. The van der Waals surface area contributed by atoms with Gasteiger partial charge in [0.1, 0.15) is 12.9 Å². The highest BCUT2D eigenvalue weighted by atomic mass is 32.2. The fraction of sp³-hybridized carbons (Fsp3) is 0.800. The highest BCUT2D eigenvalue weighted by molar-refractivity contribution is 7.99. The molecular weight excluding hydrogens is 210 g/mol. The normalized spacial score (nSPS) is 26.0. The van der Waals surface area contributed by atoms with Crippen LogP contribution in [0.1, 0.15) is 38.1 Å². The summed E-state index contributed by atoms with van der Waals surface area (Å²) in [6.07, 6.45) is 5.48. The largest absolute Gasteiger partial charge is 0.388 e. The fourth-order valence-electron chi connectivity index (χ4n) is 2.29. The van der Waals surface area contributed by atoms with Gasteiger partial charge >= 0.3 is 0 Å². The van der Waals surface area contributed by atoms with Gasteiger partial charge in [0, 0.05) is 11.3 Å². The van der Waals surface area contributed by atoms with Crippen LogP contribution in [0.25, 0.3) is 0 Å². The Bertz CT molecular complexity index is 315. The number of aliphatic hydroxyl groups excluding tert-OH is 1. The first-order chi connectivity index (χ1) is 7.36. The number of hydrogen-bond acceptors (Lipinski definition) is 4. The highest BCUT2D eigenvalue weighted by Gasteiger charge is 2.29. The van der Waals surface area contributed by atoms with Crippen LogP contribution in [0.2, 0.25) is 0 Å². The minimum Gasteiger partial charge on any atom is -0.388 e. The van der Waals surface area contributed by atoms with E-state index in [0.29, 0.717) is 17.1 Å². The van der Waals surface area contributed by atoms with Crippen molar-refractivity contribution in [3.63, 3.8) is 0 Å². The van der Waals surface area contributed by atoms with Crippen molar-refractivity contribution < 1.29 is 5.11 Å². The number of nitrogens with zero attached hydrogens (tertiary/aromatic N) is 3. The second-order valence-corrected chi connectivity index (χ2v) is 5.32. The lowest BCUT2D eigenvalue weighted by atomic mass is 10.2. The van der Waals surface area contributed by atoms with Crippen molar-refractivity contribution in [3.8, 4) is 0 Å². The Hall–Kier alpha value is -0.550. The molecule has 1 heterocycles. The smallest absolute Gasteiger partial charge is 0.158 e. The van der Waals surface area contributed by atoms with E-state index in [2.05, 4.69) is 21.7 Å². The highest BCUT2D eigenvalue weighted by Crippen LogP contribution is 2.38. The van der Waals surface area contributed by atoms with Gasteiger partial charge in [0.05, 0.1) is 0 Å². The molecule has 84 valence electrons. The van der Waals surface area contributed by atoms with E-state index in [-0.39, 0.29) is 6.61 Å². The second-order valence-electron chi connectivity index (χ2n) is 3.80. The molecule has 0 aromatic carbocycles. The lowest BCUT2D eigenvalue weighted by Gasteiger charge is -2.20. The molecule has 4 nitrogen and oxygen atoms in total. The molecular formula is C10H17N3OS. The Morgan fingerprint density at radius 3 is 3.20 bits per heavy atom. The average molecular weight is 227 g/mol. The van der Waals surface area contributed by atoms with Crippen LogP contribution in [-0.2, 0) is 6.61 Å². The monoisotopic (exact) mass is 227 g/mol. The van der Waals surface area contributed by atoms with Gasteiger partial charge in [-0.05, 0) is 18.6 Å². The Balaban J connectivity index is 2.15. The summed E-state index contributed by atoms with van der Waals surface area (Å²) in [4.78, 5) is 0. The summed E-state index contributed by atoms with van der Waals surface area (Å²) in [6, 6.07) is 0.479. The number of aromatic nitrogens is 3. The molecule has 0 amide bonds. The van der Waals surface area contributed by atoms with Crippen molar-refractivity contribution in [2.75, 3.05) is 5.75 Å². The van der Waals surface area contributed by atoms with Gasteiger partial charge in [0.25, 0.3) is 0 Å². The molecule has 0 aliphatic heterocycles. The molecule has 1 aromatic heterocycles. The third-order valence-electron chi connectivity index (χ3n) is 2.94. The average Bonchev–Trinajstić information content (AvgIpc) is 2.84. The molecule has 1 saturated carbocycles. The first-order valence-corrected chi connectivity index (χ1v) is 6.52. The van der Waals surface area contributed by atoms with Crippen molar-refractivity contribution in [1.29, 1.82) is 0 Å². The molecule has 15 heavy (non-hydrogen) atoms. The first kappa shape index (κ1) is 11.0. The summed E-state index contributed by atoms with van der Waals surface area (Å²) in [5.41, 5.74) is 0. The molecule has 1 aliphatic carbocycles. The van der Waals surface area contributed by atoms with E-state index in [9.17, 15) is 0 Å². The molecule has 1 N–H and O–H groups in total. The van der Waals surface area contributed by atoms with E-state index in [0.717, 1.165) is 5.75 Å². The van der Waals surface area contributed by atoms with Crippen LogP contribution in [0.5, 0.6) is 0 Å². The fourth-order valence-corrected chi connectivity index (χ4v) is 3.54. The number of aliphatic hydroxyl groups is 1. The van der Waals surface area contributed by atoms with E-state index < -0.39 is 0 Å². The second kappa shape index (κ2) is 4.99. The molecule has 0 saturated heterocycles. The Morgan fingerprint density at radius 2 is 2.47 bits per heavy atom. The summed E-state index contributed by atoms with van der Waals surface area (Å²) >= 11 is 2.01. The zero-order chi connectivity index (χ0) is 10.7. The summed E-state index contributed by atoms with van der Waals surface area (Å²) in [7, 11) is 0. The number of hydrogen-bond donors (Lipinski definition) is 1. The van der Waals surface area contributed by atoms with Gasteiger partial charge in [0.15, 0.2) is 5.82 Å². The molecule has 2 rings (SSSR count). The standard InChI is InChI=1S/C10H17N3OS/c1-2-15-9-5-3-4-8(9)13-7-11-12-10(13)6-14/h7-9,14H,2-6H2,1H3. The van der Waals surface area contributed by atoms with Crippen LogP contribution in [0.4, 0.5) is 0 Å². The summed E-state index contributed by atoms with van der Waals surface area (Å²) in [5.74, 6) is 1.85. The first-order valence-electron chi connectivity index (χ1n) is 5.47. The molecule has 1 fully saturated rings. The van der Waals surface area contributed by atoms with Crippen LogP contribution in [-0.4, -0.2) is 30.9 Å². The van der Waals surface area contributed by atoms with Gasteiger partial charge in [-0.3, -0.25) is 0 Å². The van der Waals surface area contributed by atoms with Gasteiger partial charge in [0.2, 0.25) is 0 Å². The summed E-state index contributed by atoms with van der Waals surface area (Å²) in [5, 5.41) is 17.6. The lowest BCUT2D eigenvalue weighted by molar-refractivity contribution is 0.260. The van der Waals surface area contributed by atoms with Gasteiger partial charge in [-0.2, -0.15) is 11.8 Å². The molecule has 0 radical (unpaired) electrons. The Labute approximate surface area is 94.1 Å². The van der Waals surface area contributed by atoms with E-state index in [1.54, 1.807) is 6.33 Å². The molecule has 2 atom stereocenters. The van der Waals surface area contributed by atoms with Crippen LogP contribution in [0.15, 0.2) is 6.33 Å². The van der Waals surface area contributed by atoms with Gasteiger partial charge in [-0.1, -0.05) is 13.3 Å². The third kappa shape index (κ3) is 2.18. The molecule has 0 bridgehead atoms. The lowest BCUT2D eigenvalue weighted by Crippen LogP contribution is -2.18. The molecule has 0 spiro atoms. The van der Waals surface area contributed by atoms with Crippen LogP contribution >= 0.6 is 11.8 Å². The third-order valence-corrected chi connectivity index (χ3v) is 4.26. The minimum atomic E-state index is -0.0139. The Kier molecular flexibility index (Phi) is 3.64. The predicted octanol–water partition coefficient (Wildman–Crippen LogP) is 1.62. The molecule has 1 aliphatic rings. The zero-order valence-corrected chi connectivity index (χ0v) is 9.78. The maximum Gasteiger partial charge on any atom is 0.158 e. The Morgan fingerprint density at radius 1 is 1.60 bits per heavy atom. The van der Waals surface area contributed by atoms with Crippen LogP contribution in [0, 0.1) is 0 Å². The zero-order valence-electron chi connectivity index (χ0n) is 8.96. The maximum absolute atomic E-state index is 9.15. The van der Waals surface area contributed by atoms with Crippen molar-refractivity contribution in [3.05, 3.63) is 12.2 Å². The molecule has 2 unspecified atom stereocenters. The van der Waals surface area contributed by atoms with Gasteiger partial charge in [-0.25, -0.2) is 0 Å². The van der Waals surface area contributed by atoms with Gasteiger partial charge in [-0.15, -0.1) is 10.2 Å². The minimum absolute atomic E-state index is 0.0139. The maximum atomic E-state index is 9.15. The van der Waals surface area contributed by atoms with E-state index >= 15 is 0 Å². The molecule has 1 aromatic rings. The SMILES string of the molecule is CCSC1CCCC1n1cnnc1CO. The number of thioether (sulfide) groups is 1. The number of rotatable bonds is 4. The van der Waals surface area contributed by atoms with Gasteiger partial charge < -0.3 is 9.67 Å². The molecule has 5 heteroatoms. The van der Waals surface area contributed by atoms with E-state index in [1.165, 1.54) is 19.3 Å². The summed E-state index contributed by atoms with van der Waals surface area (Å²) in [6.45, 7) is 2.18. The van der Waals surface area contributed by atoms with E-state index in [1.807, 2.05) is 11.8 Å². The topological polar surface area (TPSA) is 50.9 Å². The quantitative estimate of drug-likeness (QED) is 0.849. The van der Waals surface area contributed by atoms with Crippen molar-refractivity contribution >= 4 is 11.8 Å². The van der Waals surface area contributed by atoms with Crippen LogP contribution < -0.4 is 0 Å². The van der Waals surface area contributed by atoms with Crippen molar-refractivity contribution in [2.45, 2.75) is 44.1 Å². The van der Waals surface area contributed by atoms with Crippen molar-refractivity contribution in [1.82, 2.24) is 14.8 Å². The predicted molar refractivity (Wildman–Crippen MR) is 60.8 cm³/mol. The van der Waals surface area contributed by atoms with E-state index in [4.69, 9.17) is 5.11 Å². The van der Waals surface area contributed by atoms with Crippen LogP contribution in [0.3, 0.4) is 0 Å².